The third-order valence-electron chi connectivity index (χ3n) is 12.4. The Hall–Kier alpha value is -6.17. The van der Waals surface area contributed by atoms with Gasteiger partial charge < -0.3 is 34.0 Å². The molecule has 0 unspecified atom stereocenters. The molecule has 4 heterocycles. The molecule has 0 radical (unpaired) electrons. The number of nitrogens with one attached hydrogen (secondary N) is 1. The molecule has 2 amide bonds. The number of oxazole rings is 1. The Morgan fingerprint density at radius 2 is 1.67 bits per heavy atom. The Morgan fingerprint density at radius 1 is 0.933 bits per heavy atom. The van der Waals surface area contributed by atoms with Crippen molar-refractivity contribution in [3.05, 3.63) is 124 Å². The fourth-order valence-corrected chi connectivity index (χ4v) is 8.59. The van der Waals surface area contributed by atoms with Crippen LogP contribution in [0, 0.1) is 39.5 Å². The van der Waals surface area contributed by atoms with Gasteiger partial charge in [0, 0.05) is 38.2 Å². The fraction of sp³-hybridized carbons (Fsp3) is 0.396. The zero-order valence-electron chi connectivity index (χ0n) is 34.8. The Labute approximate surface area is 350 Å². The van der Waals surface area contributed by atoms with E-state index in [1.165, 1.54) is 30.6 Å². The lowest BCUT2D eigenvalue weighted by Gasteiger charge is -2.37. The zero-order valence-corrected chi connectivity index (χ0v) is 34.8. The molecule has 12 nitrogen and oxygen atoms in total. The van der Waals surface area contributed by atoms with Crippen molar-refractivity contribution >= 4 is 17.8 Å². The Morgan fingerprint density at radius 3 is 2.37 bits per heavy atom. The van der Waals surface area contributed by atoms with E-state index in [4.69, 9.17) is 18.6 Å². The molecule has 0 saturated heterocycles. The molecule has 3 aromatic carbocycles. The van der Waals surface area contributed by atoms with Crippen molar-refractivity contribution in [2.45, 2.75) is 97.9 Å². The highest BCUT2D eigenvalue weighted by Gasteiger charge is 2.39. The van der Waals surface area contributed by atoms with Crippen LogP contribution in [0.2, 0.25) is 0 Å². The van der Waals surface area contributed by atoms with Gasteiger partial charge in [-0.15, -0.1) is 0 Å². The molecule has 1 aliphatic carbocycles. The molecule has 3 atom stereocenters. The predicted molar refractivity (Wildman–Crippen MR) is 224 cm³/mol. The number of aromatic nitrogens is 2. The van der Waals surface area contributed by atoms with Gasteiger partial charge in [0.25, 0.3) is 5.91 Å². The molecule has 2 aliphatic heterocycles. The number of hydrogen-bond acceptors (Lipinski definition) is 9. The lowest BCUT2D eigenvalue weighted by molar-refractivity contribution is -0.142. The summed E-state index contributed by atoms with van der Waals surface area (Å²) in [4.78, 5) is 51.2. The van der Waals surface area contributed by atoms with Crippen LogP contribution in [-0.4, -0.2) is 63.1 Å². The maximum absolute atomic E-state index is 14.2. The summed E-state index contributed by atoms with van der Waals surface area (Å²) in [6.45, 7) is 10.7. The number of fused-ring (bicyclic) bond motifs is 2. The van der Waals surface area contributed by atoms with E-state index in [0.29, 0.717) is 29.1 Å². The number of benzene rings is 3. The highest BCUT2D eigenvalue weighted by molar-refractivity contribution is 5.98. The van der Waals surface area contributed by atoms with E-state index >= 15 is 0 Å². The van der Waals surface area contributed by atoms with Gasteiger partial charge in [-0.05, 0) is 115 Å². The molecule has 312 valence electrons. The van der Waals surface area contributed by atoms with Gasteiger partial charge in [-0.3, -0.25) is 14.6 Å². The molecule has 2 aromatic heterocycles. The van der Waals surface area contributed by atoms with Crippen LogP contribution in [0.15, 0.2) is 77.3 Å². The first-order valence-electron chi connectivity index (χ1n) is 20.9. The van der Waals surface area contributed by atoms with Crippen LogP contribution in [0.1, 0.15) is 94.4 Å². The van der Waals surface area contributed by atoms with Gasteiger partial charge in [-0.2, -0.15) is 0 Å². The normalized spacial score (nSPS) is 20.2. The summed E-state index contributed by atoms with van der Waals surface area (Å²) < 4.78 is 24.5. The molecule has 3 aliphatic rings. The fourth-order valence-electron chi connectivity index (χ4n) is 8.59. The molecule has 5 aromatic rings. The summed E-state index contributed by atoms with van der Waals surface area (Å²) in [6, 6.07) is 19.0. The van der Waals surface area contributed by atoms with Gasteiger partial charge in [0.15, 0.2) is 29.2 Å². The smallest absolute Gasteiger partial charge is 0.326 e. The van der Waals surface area contributed by atoms with Crippen LogP contribution in [0.3, 0.4) is 0 Å². The molecule has 12 heteroatoms. The number of nitrogens with zero attached hydrogens (tertiary/aromatic N) is 3. The second kappa shape index (κ2) is 17.2. The van der Waals surface area contributed by atoms with Crippen LogP contribution < -0.4 is 19.5 Å². The minimum atomic E-state index is -1.25. The first-order valence-corrected chi connectivity index (χ1v) is 20.9. The SMILES string of the molecule is Cc1nc(C(=O)N2Cc3cc4c(cc3C[C@H]2C(=O)N[C@@H](Cc2ccc(-c3ccnc(C)c3C)cc2)C(=O)O)OC[C@H](c2ccc(OCC3CCC(C)CC3)cc2)O4)c(C)o1. The van der Waals surface area contributed by atoms with E-state index in [9.17, 15) is 19.5 Å². The van der Waals surface area contributed by atoms with E-state index in [0.717, 1.165) is 62.9 Å². The third-order valence-corrected chi connectivity index (χ3v) is 12.4. The van der Waals surface area contributed by atoms with Gasteiger partial charge in [0.2, 0.25) is 5.91 Å². The standard InChI is InChI=1S/C48H52N4O8/c1-27-6-8-33(9-7-27)25-57-38-16-14-35(15-17-38)44-26-58-42-22-36-21-41(52(24-37(36)23-43(42)60-44)47(54)45-30(4)59-31(5)50-45)46(53)51-40(48(55)56)20-32-10-12-34(13-11-32)39-18-19-49-29(3)28(39)2/h10-19,22-23,27,33,40-41,44H,6-9,20-21,24-26H2,1-5H3,(H,51,53)(H,55,56)/t27?,33?,40-,41-,44+/m0/s1. The van der Waals surface area contributed by atoms with E-state index in [1.807, 2.05) is 80.6 Å². The van der Waals surface area contributed by atoms with Gasteiger partial charge in [0.05, 0.1) is 6.61 Å². The topological polar surface area (TPSA) is 153 Å². The quantitative estimate of drug-likeness (QED) is 0.134. The highest BCUT2D eigenvalue weighted by Crippen LogP contribution is 2.41. The van der Waals surface area contributed by atoms with Gasteiger partial charge >= 0.3 is 5.97 Å². The summed E-state index contributed by atoms with van der Waals surface area (Å²) in [6.07, 6.45) is 6.52. The van der Waals surface area contributed by atoms with Crippen molar-refractivity contribution < 1.29 is 38.1 Å². The summed E-state index contributed by atoms with van der Waals surface area (Å²) in [7, 11) is 0. The molecule has 8 rings (SSSR count). The van der Waals surface area contributed by atoms with Crippen LogP contribution in [-0.2, 0) is 29.0 Å². The van der Waals surface area contributed by atoms with Crippen LogP contribution in [0.5, 0.6) is 17.2 Å². The zero-order chi connectivity index (χ0) is 42.1. The number of carbonyl (C=O) groups is 3. The predicted octanol–water partition coefficient (Wildman–Crippen LogP) is 8.07. The molecular weight excluding hydrogens is 761 g/mol. The van der Waals surface area contributed by atoms with Crippen LogP contribution in [0.25, 0.3) is 11.1 Å². The average Bonchev–Trinajstić information content (AvgIpc) is 3.59. The number of hydrogen-bond donors (Lipinski definition) is 2. The lowest BCUT2D eigenvalue weighted by Crippen LogP contribution is -2.56. The summed E-state index contributed by atoms with van der Waals surface area (Å²) in [5.74, 6) is 1.70. The highest BCUT2D eigenvalue weighted by atomic mass is 16.6. The molecule has 2 N–H and O–H groups in total. The third kappa shape index (κ3) is 8.73. The van der Waals surface area contributed by atoms with Crippen molar-refractivity contribution in [2.75, 3.05) is 13.2 Å². The first-order chi connectivity index (χ1) is 28.9. The van der Waals surface area contributed by atoms with E-state index < -0.39 is 29.9 Å². The second-order valence-electron chi connectivity index (χ2n) is 16.7. The number of carboxylic acid groups (broad SMARTS) is 1. The molecule has 1 fully saturated rings. The van der Waals surface area contributed by atoms with Gasteiger partial charge in [0.1, 0.15) is 30.2 Å². The monoisotopic (exact) mass is 812 g/mol. The maximum Gasteiger partial charge on any atom is 0.326 e. The average molecular weight is 813 g/mol. The lowest BCUT2D eigenvalue weighted by atomic mass is 9.83. The van der Waals surface area contributed by atoms with E-state index in [-0.39, 0.29) is 37.8 Å². The number of ether oxygens (including phenoxy) is 3. The van der Waals surface area contributed by atoms with Crippen LogP contribution in [0.4, 0.5) is 0 Å². The van der Waals surface area contributed by atoms with Crippen molar-refractivity contribution in [2.24, 2.45) is 11.8 Å². The number of carbonyl (C=O) groups excluding carboxylic acids is 2. The summed E-state index contributed by atoms with van der Waals surface area (Å²) in [5.41, 5.74) is 7.40. The largest absolute Gasteiger partial charge is 0.493 e. The minimum Gasteiger partial charge on any atom is -0.493 e. The van der Waals surface area contributed by atoms with E-state index in [2.05, 4.69) is 22.2 Å². The summed E-state index contributed by atoms with van der Waals surface area (Å²) >= 11 is 0. The van der Waals surface area contributed by atoms with Crippen molar-refractivity contribution in [1.82, 2.24) is 20.2 Å². The molecule has 1 saturated carbocycles. The first kappa shape index (κ1) is 40.6. The van der Waals surface area contributed by atoms with Crippen molar-refractivity contribution in [1.29, 1.82) is 0 Å². The molecular formula is C48H52N4O8. The Balaban J connectivity index is 0.985. The number of rotatable bonds is 11. The van der Waals surface area contributed by atoms with Crippen molar-refractivity contribution in [3.63, 3.8) is 0 Å². The number of pyridine rings is 1. The second-order valence-corrected chi connectivity index (χ2v) is 16.7. The number of aliphatic carboxylic acids is 1. The number of aryl methyl sites for hydroxylation is 3. The van der Waals surface area contributed by atoms with Gasteiger partial charge in [-0.25, -0.2) is 9.78 Å². The Bertz CT molecular complexity index is 2380. The van der Waals surface area contributed by atoms with Crippen LogP contribution >= 0.6 is 0 Å². The van der Waals surface area contributed by atoms with Gasteiger partial charge in [-0.1, -0.05) is 56.2 Å². The number of amides is 2. The summed E-state index contributed by atoms with van der Waals surface area (Å²) in [5, 5.41) is 13.1. The molecule has 0 spiro atoms. The maximum atomic E-state index is 14.2. The number of carboxylic acids is 1. The molecule has 0 bridgehead atoms. The van der Waals surface area contributed by atoms with E-state index in [1.54, 1.807) is 20.0 Å². The Kier molecular flexibility index (Phi) is 11.6. The molecule has 60 heavy (non-hydrogen) atoms. The van der Waals surface area contributed by atoms with Crippen molar-refractivity contribution in [3.8, 4) is 28.4 Å². The minimum absolute atomic E-state index is 0.0457.